The third-order valence-corrected chi connectivity index (χ3v) is 7.74. The van der Waals surface area contributed by atoms with Gasteiger partial charge in [-0.2, -0.15) is 5.10 Å². The molecule has 4 rings (SSSR count). The van der Waals surface area contributed by atoms with Crippen LogP contribution in [0.3, 0.4) is 0 Å². The molecule has 0 saturated carbocycles. The number of nitro groups is 1. The molecule has 2 aliphatic rings. The Morgan fingerprint density at radius 3 is 2.27 bits per heavy atom. The average Bonchev–Trinajstić information content (AvgIpc) is 3.40. The van der Waals surface area contributed by atoms with Crippen molar-refractivity contribution in [3.63, 3.8) is 0 Å². The molecule has 224 valence electrons. The first-order valence-electron chi connectivity index (χ1n) is 14.6. The van der Waals surface area contributed by atoms with Crippen molar-refractivity contribution in [3.05, 3.63) is 51.8 Å². The van der Waals surface area contributed by atoms with Crippen molar-refractivity contribution in [2.75, 3.05) is 58.9 Å². The zero-order chi connectivity index (χ0) is 29.6. The third-order valence-electron chi connectivity index (χ3n) is 7.74. The van der Waals surface area contributed by atoms with Crippen LogP contribution < -0.4 is 5.32 Å². The van der Waals surface area contributed by atoms with Gasteiger partial charge >= 0.3 is 6.09 Å². The topological polar surface area (TPSA) is 126 Å². The van der Waals surface area contributed by atoms with Gasteiger partial charge in [-0.3, -0.25) is 14.9 Å². The van der Waals surface area contributed by atoms with Crippen molar-refractivity contribution in [1.82, 2.24) is 29.8 Å². The number of likely N-dealkylation sites (tertiary alicyclic amines) is 1. The fraction of sp³-hybridized carbons (Fsp3) is 0.621. The second-order valence-electron chi connectivity index (χ2n) is 11.8. The number of likely N-dealkylation sites (N-methyl/N-ethyl adjacent to an activating group) is 1. The number of carbonyl (C=O) groups excluding carboxylic acids is 2. The summed E-state index contributed by atoms with van der Waals surface area (Å²) in [6.45, 7) is 15.6. The zero-order valence-electron chi connectivity index (χ0n) is 24.7. The number of aromatic nitrogens is 2. The molecule has 0 spiro atoms. The molecule has 2 amide bonds. The maximum absolute atomic E-state index is 13.4. The molecule has 2 aromatic rings. The number of amides is 2. The quantitative estimate of drug-likeness (QED) is 0.276. The summed E-state index contributed by atoms with van der Waals surface area (Å²) < 4.78 is 7.25. The second kappa shape index (κ2) is 13.4. The molecule has 12 nitrogen and oxygen atoms in total. The predicted molar refractivity (Wildman–Crippen MR) is 156 cm³/mol. The van der Waals surface area contributed by atoms with Crippen molar-refractivity contribution in [2.45, 2.75) is 58.5 Å². The minimum atomic E-state index is -0.572. The lowest BCUT2D eigenvalue weighted by Crippen LogP contribution is -2.46. The van der Waals surface area contributed by atoms with E-state index >= 15 is 0 Å². The molecule has 2 fully saturated rings. The molecule has 41 heavy (non-hydrogen) atoms. The number of nitrogens with zero attached hydrogens (tertiary/aromatic N) is 6. The van der Waals surface area contributed by atoms with Gasteiger partial charge in [-0.25, -0.2) is 9.48 Å². The van der Waals surface area contributed by atoms with Crippen LogP contribution in [0.5, 0.6) is 0 Å². The number of carbonyl (C=O) groups is 2. The lowest BCUT2D eigenvalue weighted by atomic mass is 9.91. The fourth-order valence-electron chi connectivity index (χ4n) is 5.44. The minimum Gasteiger partial charge on any atom is -0.444 e. The summed E-state index contributed by atoms with van der Waals surface area (Å²) in [7, 11) is 0. The van der Waals surface area contributed by atoms with Crippen LogP contribution in [0.4, 0.5) is 10.5 Å². The van der Waals surface area contributed by atoms with E-state index in [1.54, 1.807) is 27.9 Å². The van der Waals surface area contributed by atoms with Crippen molar-refractivity contribution in [2.24, 2.45) is 0 Å². The van der Waals surface area contributed by atoms with Crippen molar-refractivity contribution < 1.29 is 19.2 Å². The van der Waals surface area contributed by atoms with Crippen molar-refractivity contribution in [1.29, 1.82) is 0 Å². The Labute approximate surface area is 241 Å². The van der Waals surface area contributed by atoms with Gasteiger partial charge in [0.1, 0.15) is 5.60 Å². The van der Waals surface area contributed by atoms with Crippen LogP contribution in [0.1, 0.15) is 68.9 Å². The van der Waals surface area contributed by atoms with Crippen LogP contribution in [0.2, 0.25) is 0 Å². The Morgan fingerprint density at radius 1 is 1.05 bits per heavy atom. The Bertz CT molecular complexity index is 1190. The van der Waals surface area contributed by atoms with E-state index in [9.17, 15) is 19.7 Å². The van der Waals surface area contributed by atoms with Gasteiger partial charge in [0, 0.05) is 63.9 Å². The molecule has 0 atom stereocenters. The van der Waals surface area contributed by atoms with Gasteiger partial charge in [0.15, 0.2) is 0 Å². The molecule has 1 aromatic carbocycles. The Hall–Kier alpha value is -3.51. The van der Waals surface area contributed by atoms with E-state index in [4.69, 9.17) is 4.74 Å². The lowest BCUT2D eigenvalue weighted by Gasteiger charge is -2.34. The molecular weight excluding hydrogens is 526 g/mol. The van der Waals surface area contributed by atoms with Gasteiger partial charge < -0.3 is 24.8 Å². The number of nitro benzene ring substituents is 1. The highest BCUT2D eigenvalue weighted by molar-refractivity contribution is 5.95. The van der Waals surface area contributed by atoms with Gasteiger partial charge in [0.05, 0.1) is 28.1 Å². The number of nitrogens with one attached hydrogen (secondary N) is 1. The van der Waals surface area contributed by atoms with Crippen LogP contribution in [-0.4, -0.2) is 106 Å². The summed E-state index contributed by atoms with van der Waals surface area (Å²) in [6.07, 6.45) is 3.38. The van der Waals surface area contributed by atoms with E-state index in [2.05, 4.69) is 27.1 Å². The fourth-order valence-corrected chi connectivity index (χ4v) is 5.44. The molecule has 1 aromatic heterocycles. The van der Waals surface area contributed by atoms with E-state index in [1.165, 1.54) is 12.1 Å². The third kappa shape index (κ3) is 8.04. The monoisotopic (exact) mass is 569 g/mol. The van der Waals surface area contributed by atoms with Crippen molar-refractivity contribution >= 4 is 17.7 Å². The van der Waals surface area contributed by atoms with Gasteiger partial charge in [-0.05, 0) is 65.3 Å². The van der Waals surface area contributed by atoms with Gasteiger partial charge in [0.2, 0.25) is 0 Å². The Morgan fingerprint density at radius 2 is 1.68 bits per heavy atom. The number of rotatable bonds is 9. The number of hydrogen-bond donors (Lipinski definition) is 1. The summed E-state index contributed by atoms with van der Waals surface area (Å²) in [5.74, 6) is -0.208. The predicted octanol–water partition coefficient (Wildman–Crippen LogP) is 3.65. The molecule has 0 bridgehead atoms. The smallest absolute Gasteiger partial charge is 0.410 e. The lowest BCUT2D eigenvalue weighted by molar-refractivity contribution is -0.384. The van der Waals surface area contributed by atoms with E-state index in [-0.39, 0.29) is 23.6 Å². The van der Waals surface area contributed by atoms with Crippen LogP contribution in [0.15, 0.2) is 30.5 Å². The summed E-state index contributed by atoms with van der Waals surface area (Å²) >= 11 is 0. The first kappa shape index (κ1) is 30.4. The Balaban J connectivity index is 1.45. The number of non-ortho nitro benzene ring substituents is 1. The second-order valence-corrected chi connectivity index (χ2v) is 11.8. The van der Waals surface area contributed by atoms with Gasteiger partial charge in [-0.15, -0.1) is 0 Å². The maximum Gasteiger partial charge on any atom is 0.410 e. The molecule has 3 heterocycles. The zero-order valence-corrected chi connectivity index (χ0v) is 24.7. The van der Waals surface area contributed by atoms with E-state index < -0.39 is 10.5 Å². The molecule has 0 aliphatic carbocycles. The number of piperazine rings is 1. The minimum absolute atomic E-state index is 0.0119. The van der Waals surface area contributed by atoms with Crippen LogP contribution >= 0.6 is 0 Å². The molecule has 2 saturated heterocycles. The normalized spacial score (nSPS) is 17.4. The van der Waals surface area contributed by atoms with Crippen LogP contribution in [0, 0.1) is 10.1 Å². The molecular formula is C29H43N7O5. The highest BCUT2D eigenvalue weighted by Crippen LogP contribution is 2.33. The average molecular weight is 570 g/mol. The molecule has 0 unspecified atom stereocenters. The summed E-state index contributed by atoms with van der Waals surface area (Å²) in [4.78, 5) is 43.3. The summed E-state index contributed by atoms with van der Waals surface area (Å²) in [5.41, 5.74) is 1.32. The number of hydrogen-bond acceptors (Lipinski definition) is 8. The van der Waals surface area contributed by atoms with Crippen LogP contribution in [-0.2, 0) is 4.74 Å². The number of ether oxygens (including phenoxy) is 1. The highest BCUT2D eigenvalue weighted by atomic mass is 16.6. The van der Waals surface area contributed by atoms with Gasteiger partial charge in [-0.1, -0.05) is 6.92 Å². The van der Waals surface area contributed by atoms with E-state index in [0.717, 1.165) is 51.4 Å². The maximum atomic E-state index is 13.4. The molecule has 2 aliphatic heterocycles. The van der Waals surface area contributed by atoms with Crippen LogP contribution in [0.25, 0.3) is 5.69 Å². The van der Waals surface area contributed by atoms with Crippen molar-refractivity contribution in [3.8, 4) is 5.69 Å². The highest BCUT2D eigenvalue weighted by Gasteiger charge is 2.32. The first-order valence-corrected chi connectivity index (χ1v) is 14.6. The first-order chi connectivity index (χ1) is 19.6. The molecule has 1 N–H and O–H groups in total. The van der Waals surface area contributed by atoms with E-state index in [1.807, 2.05) is 20.8 Å². The standard InChI is InChI=1S/C29H43N7O5/c1-5-32-17-19-33(20-18-32)14-6-13-30-27(37)25-21-31-35(23-7-9-24(10-8-23)36(39)40)26(25)22-11-15-34(16-12-22)28(38)41-29(2,3)4/h7-10,21-22H,5-6,11-20H2,1-4H3,(H,30,37). The SMILES string of the molecule is CCN1CCN(CCCNC(=O)c2cnn(-c3ccc([N+](=O)[O-])cc3)c2C2CCN(C(=O)OC(C)(C)C)CC2)CC1. The Kier molecular flexibility index (Phi) is 9.98. The summed E-state index contributed by atoms with van der Waals surface area (Å²) in [5, 5.41) is 18.8. The number of piperidine rings is 1. The van der Waals surface area contributed by atoms with Gasteiger partial charge in [0.25, 0.3) is 11.6 Å². The molecule has 12 heteroatoms. The largest absolute Gasteiger partial charge is 0.444 e. The molecule has 0 radical (unpaired) electrons. The summed E-state index contributed by atoms with van der Waals surface area (Å²) in [6, 6.07) is 6.16. The van der Waals surface area contributed by atoms with E-state index in [0.29, 0.717) is 43.7 Å². The number of benzene rings is 1.